The van der Waals surface area contributed by atoms with Crippen molar-refractivity contribution < 1.29 is 9.53 Å². The minimum absolute atomic E-state index is 0.176. The van der Waals surface area contributed by atoms with Crippen LogP contribution in [0.3, 0.4) is 0 Å². The van der Waals surface area contributed by atoms with Gasteiger partial charge in [-0.1, -0.05) is 0 Å². The van der Waals surface area contributed by atoms with E-state index < -0.39 is 0 Å². The Balaban J connectivity index is 1.93. The molecule has 0 amide bonds. The van der Waals surface area contributed by atoms with Crippen LogP contribution in [0.25, 0.3) is 0 Å². The van der Waals surface area contributed by atoms with Crippen LogP contribution in [-0.4, -0.2) is 13.1 Å². The summed E-state index contributed by atoms with van der Waals surface area (Å²) in [7, 11) is 1.40. The van der Waals surface area contributed by atoms with E-state index in [1.165, 1.54) is 20.0 Å². The molecule has 1 saturated carbocycles. The van der Waals surface area contributed by atoms with Crippen LogP contribution in [-0.2, 0) is 9.53 Å². The summed E-state index contributed by atoms with van der Waals surface area (Å²) in [4.78, 5) is 10.7. The summed E-state index contributed by atoms with van der Waals surface area (Å²) in [6.07, 6.45) is 6.76. The van der Waals surface area contributed by atoms with Gasteiger partial charge in [-0.3, -0.25) is 4.79 Å². The number of ether oxygens (including phenoxy) is 1. The van der Waals surface area contributed by atoms with Gasteiger partial charge < -0.3 is 4.74 Å². The minimum Gasteiger partial charge on any atom is -0.469 e. The van der Waals surface area contributed by atoms with Gasteiger partial charge in [-0.25, -0.2) is 0 Å². The molecule has 1 rings (SSSR count). The summed E-state index contributed by atoms with van der Waals surface area (Å²) in [5.74, 6) is 6.68. The Labute approximate surface area is 79.7 Å². The van der Waals surface area contributed by atoms with Gasteiger partial charge in [-0.15, -0.1) is 11.8 Å². The van der Waals surface area contributed by atoms with Crippen molar-refractivity contribution in [2.45, 2.75) is 32.1 Å². The molecule has 0 aliphatic heterocycles. The van der Waals surface area contributed by atoms with Crippen molar-refractivity contribution >= 4 is 5.97 Å². The van der Waals surface area contributed by atoms with E-state index in [1.54, 1.807) is 0 Å². The van der Waals surface area contributed by atoms with Crippen LogP contribution >= 0.6 is 0 Å². The van der Waals surface area contributed by atoms with Gasteiger partial charge >= 0.3 is 5.97 Å². The van der Waals surface area contributed by atoms with Crippen molar-refractivity contribution in [1.82, 2.24) is 0 Å². The van der Waals surface area contributed by atoms with E-state index in [0.29, 0.717) is 12.8 Å². The van der Waals surface area contributed by atoms with Crippen molar-refractivity contribution in [3.8, 4) is 11.8 Å². The maximum atomic E-state index is 10.7. The normalized spacial score (nSPS) is 14.5. The number of carbonyl (C=O) groups excluding carboxylic acids is 1. The second kappa shape index (κ2) is 5.64. The van der Waals surface area contributed by atoms with Crippen molar-refractivity contribution in [1.29, 1.82) is 0 Å². The molecule has 0 aromatic rings. The van der Waals surface area contributed by atoms with Crippen molar-refractivity contribution in [3.05, 3.63) is 6.42 Å². The Morgan fingerprint density at radius 2 is 2.23 bits per heavy atom. The van der Waals surface area contributed by atoms with Gasteiger partial charge in [-0.05, 0) is 25.2 Å². The molecule has 1 aliphatic rings. The highest BCUT2D eigenvalue weighted by atomic mass is 16.5. The number of hydrogen-bond acceptors (Lipinski definition) is 2. The van der Waals surface area contributed by atoms with Crippen LogP contribution in [0.2, 0.25) is 0 Å². The molecule has 1 unspecified atom stereocenters. The first-order chi connectivity index (χ1) is 6.33. The molecule has 0 N–H and O–H groups in total. The molecule has 71 valence electrons. The summed E-state index contributed by atoms with van der Waals surface area (Å²) in [6, 6.07) is 0. The molecule has 0 saturated heterocycles. The van der Waals surface area contributed by atoms with E-state index in [-0.39, 0.29) is 5.97 Å². The zero-order valence-electron chi connectivity index (χ0n) is 8.01. The first-order valence-electron chi connectivity index (χ1n) is 4.69. The van der Waals surface area contributed by atoms with Crippen molar-refractivity contribution in [2.24, 2.45) is 5.92 Å². The van der Waals surface area contributed by atoms with Gasteiger partial charge in [0.2, 0.25) is 0 Å². The fourth-order valence-corrected chi connectivity index (χ4v) is 1.03. The molecule has 0 aromatic heterocycles. The third-order valence-corrected chi connectivity index (χ3v) is 2.02. The Hall–Kier alpha value is -0.970. The Kier molecular flexibility index (Phi) is 4.39. The highest BCUT2D eigenvalue weighted by Crippen LogP contribution is 2.31. The molecule has 1 atom stereocenters. The average Bonchev–Trinajstić information content (AvgIpc) is 2.94. The maximum absolute atomic E-state index is 10.7. The maximum Gasteiger partial charge on any atom is 0.306 e. The summed E-state index contributed by atoms with van der Waals surface area (Å²) in [5.41, 5.74) is 0. The molecule has 0 aromatic carbocycles. The summed E-state index contributed by atoms with van der Waals surface area (Å²) < 4.78 is 4.49. The van der Waals surface area contributed by atoms with Gasteiger partial charge in [0.15, 0.2) is 0 Å². The van der Waals surface area contributed by atoms with Gasteiger partial charge in [0, 0.05) is 12.8 Å². The molecule has 1 fully saturated rings. The third-order valence-electron chi connectivity index (χ3n) is 2.02. The first-order valence-corrected chi connectivity index (χ1v) is 4.69. The lowest BCUT2D eigenvalue weighted by Crippen LogP contribution is -1.98. The third kappa shape index (κ3) is 5.30. The largest absolute Gasteiger partial charge is 0.469 e. The topological polar surface area (TPSA) is 26.3 Å². The lowest BCUT2D eigenvalue weighted by molar-refractivity contribution is -0.140. The van der Waals surface area contributed by atoms with E-state index in [9.17, 15) is 4.79 Å². The standard InChI is InChI=1S/C11H15O2/c1-13-11(12)7-5-3-2-4-6-10-8-9-10/h8,10H,4-7,9H2,1H3. The highest BCUT2D eigenvalue weighted by Gasteiger charge is 2.19. The summed E-state index contributed by atoms with van der Waals surface area (Å²) in [5, 5.41) is 0. The van der Waals surface area contributed by atoms with E-state index in [1.807, 2.05) is 0 Å². The van der Waals surface area contributed by atoms with E-state index in [2.05, 4.69) is 23.0 Å². The van der Waals surface area contributed by atoms with E-state index in [4.69, 9.17) is 0 Å². The number of carbonyl (C=O) groups is 1. The van der Waals surface area contributed by atoms with E-state index in [0.717, 1.165) is 12.3 Å². The molecular formula is C11H15O2. The quantitative estimate of drug-likeness (QED) is 0.487. The predicted octanol–water partition coefficient (Wildman–Crippen LogP) is 1.95. The molecule has 0 bridgehead atoms. The second-order valence-corrected chi connectivity index (χ2v) is 3.20. The van der Waals surface area contributed by atoms with Crippen LogP contribution in [0, 0.1) is 24.2 Å². The van der Waals surface area contributed by atoms with Gasteiger partial charge in [0.1, 0.15) is 0 Å². The Morgan fingerprint density at radius 3 is 2.85 bits per heavy atom. The average molecular weight is 179 g/mol. The molecular weight excluding hydrogens is 164 g/mol. The zero-order chi connectivity index (χ0) is 9.52. The fourth-order valence-electron chi connectivity index (χ4n) is 1.03. The van der Waals surface area contributed by atoms with Gasteiger partial charge in [0.05, 0.1) is 13.5 Å². The lowest BCUT2D eigenvalue weighted by Gasteiger charge is -1.92. The minimum atomic E-state index is -0.176. The van der Waals surface area contributed by atoms with E-state index >= 15 is 0 Å². The Morgan fingerprint density at radius 1 is 1.54 bits per heavy atom. The lowest BCUT2D eigenvalue weighted by atomic mass is 10.2. The molecule has 13 heavy (non-hydrogen) atoms. The zero-order valence-corrected chi connectivity index (χ0v) is 8.01. The smallest absolute Gasteiger partial charge is 0.306 e. The Bertz CT molecular complexity index is 218. The molecule has 1 aliphatic carbocycles. The molecule has 2 heteroatoms. The monoisotopic (exact) mass is 179 g/mol. The number of methoxy groups -OCH3 is 1. The number of rotatable bonds is 4. The van der Waals surface area contributed by atoms with Crippen LogP contribution in [0.15, 0.2) is 0 Å². The molecule has 0 heterocycles. The second-order valence-electron chi connectivity index (χ2n) is 3.20. The molecule has 0 spiro atoms. The molecule has 1 radical (unpaired) electrons. The van der Waals surface area contributed by atoms with Crippen molar-refractivity contribution in [3.63, 3.8) is 0 Å². The fraction of sp³-hybridized carbons (Fsp3) is 0.636. The van der Waals surface area contributed by atoms with Gasteiger partial charge in [-0.2, -0.15) is 0 Å². The van der Waals surface area contributed by atoms with Crippen molar-refractivity contribution in [2.75, 3.05) is 7.11 Å². The summed E-state index contributed by atoms with van der Waals surface area (Å²) in [6.45, 7) is 0. The SMILES string of the molecule is COC(=O)CCC#CCCC1[CH]C1. The number of esters is 1. The first kappa shape index (κ1) is 10.1. The highest BCUT2D eigenvalue weighted by molar-refractivity contribution is 5.69. The summed E-state index contributed by atoms with van der Waals surface area (Å²) >= 11 is 0. The van der Waals surface area contributed by atoms with Crippen LogP contribution in [0.1, 0.15) is 32.1 Å². The number of hydrogen-bond donors (Lipinski definition) is 0. The van der Waals surface area contributed by atoms with Crippen LogP contribution in [0.5, 0.6) is 0 Å². The predicted molar refractivity (Wildman–Crippen MR) is 50.7 cm³/mol. The van der Waals surface area contributed by atoms with Gasteiger partial charge in [0.25, 0.3) is 0 Å². The molecule has 2 nitrogen and oxygen atoms in total. The van der Waals surface area contributed by atoms with Crippen LogP contribution < -0.4 is 0 Å². The van der Waals surface area contributed by atoms with Crippen LogP contribution in [0.4, 0.5) is 0 Å².